The van der Waals surface area contributed by atoms with Crippen LogP contribution in [-0.2, 0) is 9.63 Å². The molecule has 33 heavy (non-hydrogen) atoms. The Morgan fingerprint density at radius 3 is 2.30 bits per heavy atom. The topological polar surface area (TPSA) is 111 Å². The van der Waals surface area contributed by atoms with E-state index in [1.165, 1.54) is 24.3 Å². The van der Waals surface area contributed by atoms with Crippen molar-refractivity contribution in [3.63, 3.8) is 0 Å². The summed E-state index contributed by atoms with van der Waals surface area (Å²) in [6.07, 6.45) is 1.76. The van der Waals surface area contributed by atoms with Crippen LogP contribution in [-0.4, -0.2) is 22.5 Å². The van der Waals surface area contributed by atoms with Crippen LogP contribution in [0.5, 0.6) is 0 Å². The fourth-order valence-corrected chi connectivity index (χ4v) is 5.30. The maximum absolute atomic E-state index is 13.5. The molecule has 2 saturated carbocycles. The molecule has 0 aliphatic heterocycles. The lowest BCUT2D eigenvalue weighted by Gasteiger charge is -2.39. The lowest BCUT2D eigenvalue weighted by molar-refractivity contribution is -0.384. The van der Waals surface area contributed by atoms with E-state index in [0.29, 0.717) is 34.8 Å². The van der Waals surface area contributed by atoms with Crippen LogP contribution in [0, 0.1) is 26.4 Å². The van der Waals surface area contributed by atoms with Crippen LogP contribution >= 0.6 is 11.6 Å². The molecule has 172 valence electrons. The Hall–Kier alpha value is -3.26. The highest BCUT2D eigenvalue weighted by atomic mass is 35.5. The number of rotatable bonds is 5. The monoisotopic (exact) mass is 469 g/mol. The average molecular weight is 470 g/mol. The van der Waals surface area contributed by atoms with Crippen molar-refractivity contribution in [1.82, 2.24) is 0 Å². The lowest BCUT2D eigenvalue weighted by Crippen LogP contribution is -2.43. The molecule has 8 nitrogen and oxygen atoms in total. The summed E-state index contributed by atoms with van der Waals surface area (Å²) in [6.45, 7) is 6.13. The van der Waals surface area contributed by atoms with Gasteiger partial charge in [0, 0.05) is 34.7 Å². The number of amides is 1. The molecule has 2 aromatic carbocycles. The molecule has 0 radical (unpaired) electrons. The average Bonchev–Trinajstić information content (AvgIpc) is 3.09. The number of halogens is 1. The molecule has 2 unspecified atom stereocenters. The molecule has 0 aromatic heterocycles. The summed E-state index contributed by atoms with van der Waals surface area (Å²) >= 11 is 5.87. The van der Waals surface area contributed by atoms with Gasteiger partial charge in [0.25, 0.3) is 5.69 Å². The van der Waals surface area contributed by atoms with Crippen molar-refractivity contribution in [2.75, 3.05) is 5.32 Å². The molecule has 1 N–H and O–H groups in total. The second-order valence-electron chi connectivity index (χ2n) is 9.40. The van der Waals surface area contributed by atoms with Gasteiger partial charge in [-0.3, -0.25) is 14.9 Å². The first-order valence-corrected chi connectivity index (χ1v) is 11.0. The first-order chi connectivity index (χ1) is 15.5. The van der Waals surface area contributed by atoms with Crippen molar-refractivity contribution in [2.45, 2.75) is 40.0 Å². The smallest absolute Gasteiger partial charge is 0.326 e. The number of hydrogen-bond donors (Lipinski definition) is 1. The van der Waals surface area contributed by atoms with Crippen LogP contribution in [0.25, 0.3) is 0 Å². The standard InChI is InChI=1S/C24H24ClN3O5/c1-22(2)23(3)12-13-24(22,21(30)26-17-8-10-18(11-9-17)28(31)32)14-19(23)27-33-20(29)15-4-6-16(25)7-5-15/h4-11H,12-14H2,1-3H3,(H,26,30). The molecule has 9 heteroatoms. The molecule has 1 amide bonds. The van der Waals surface area contributed by atoms with Crippen molar-refractivity contribution < 1.29 is 19.3 Å². The maximum atomic E-state index is 13.5. The van der Waals surface area contributed by atoms with Crippen LogP contribution in [0.4, 0.5) is 11.4 Å². The van der Waals surface area contributed by atoms with Crippen LogP contribution in [0.2, 0.25) is 5.02 Å². The minimum atomic E-state index is -0.741. The van der Waals surface area contributed by atoms with E-state index in [4.69, 9.17) is 16.4 Å². The molecule has 2 aliphatic rings. The van der Waals surface area contributed by atoms with Crippen molar-refractivity contribution >= 4 is 40.6 Å². The molecule has 0 heterocycles. The molecule has 2 atom stereocenters. The lowest BCUT2D eigenvalue weighted by atomic mass is 9.64. The number of nitrogens with zero attached hydrogens (tertiary/aromatic N) is 2. The zero-order valence-electron chi connectivity index (χ0n) is 18.6. The molecule has 2 aliphatic carbocycles. The SMILES string of the molecule is CC12CCC(C(=O)Nc3ccc([N+](=O)[O-])cc3)(CC1=NOC(=O)c1ccc(Cl)cc1)C2(C)C. The van der Waals surface area contributed by atoms with Gasteiger partial charge in [-0.1, -0.05) is 37.5 Å². The third kappa shape index (κ3) is 3.58. The van der Waals surface area contributed by atoms with Crippen molar-refractivity contribution in [1.29, 1.82) is 0 Å². The Labute approximate surface area is 196 Å². The van der Waals surface area contributed by atoms with E-state index < -0.39 is 27.1 Å². The molecule has 2 bridgehead atoms. The summed E-state index contributed by atoms with van der Waals surface area (Å²) in [5, 5.41) is 18.5. The molecule has 2 fully saturated rings. The number of carbonyl (C=O) groups excluding carboxylic acids is 2. The summed E-state index contributed by atoms with van der Waals surface area (Å²) in [7, 11) is 0. The number of oxime groups is 1. The first kappa shape index (κ1) is 22.9. The number of nitrogens with one attached hydrogen (secondary N) is 1. The third-order valence-electron chi connectivity index (χ3n) is 7.82. The highest BCUT2D eigenvalue weighted by molar-refractivity contribution is 6.30. The van der Waals surface area contributed by atoms with Crippen molar-refractivity contribution in [3.05, 3.63) is 69.2 Å². The Kier molecular flexibility index (Phi) is 5.52. The molecule has 4 rings (SSSR count). The molecular formula is C24H24ClN3O5. The van der Waals surface area contributed by atoms with E-state index in [1.54, 1.807) is 24.3 Å². The minimum Gasteiger partial charge on any atom is -0.326 e. The van der Waals surface area contributed by atoms with Gasteiger partial charge in [0.05, 0.1) is 21.6 Å². The highest BCUT2D eigenvalue weighted by Crippen LogP contribution is 2.71. The number of fused-ring (bicyclic) bond motifs is 2. The van der Waals surface area contributed by atoms with Crippen molar-refractivity contribution in [3.8, 4) is 0 Å². The fraction of sp³-hybridized carbons (Fsp3) is 0.375. The predicted molar refractivity (Wildman–Crippen MR) is 124 cm³/mol. The number of anilines is 1. The first-order valence-electron chi connectivity index (χ1n) is 10.6. The summed E-state index contributed by atoms with van der Waals surface area (Å²) in [5.41, 5.74) is -0.144. The van der Waals surface area contributed by atoms with E-state index >= 15 is 0 Å². The van der Waals surface area contributed by atoms with Gasteiger partial charge < -0.3 is 10.2 Å². The minimum absolute atomic E-state index is 0.0438. The highest BCUT2D eigenvalue weighted by Gasteiger charge is 2.71. The van der Waals surface area contributed by atoms with Gasteiger partial charge in [0.1, 0.15) is 0 Å². The Morgan fingerprint density at radius 1 is 1.06 bits per heavy atom. The van der Waals surface area contributed by atoms with E-state index in [2.05, 4.69) is 17.4 Å². The van der Waals surface area contributed by atoms with E-state index in [9.17, 15) is 19.7 Å². The molecule has 0 spiro atoms. The number of carbonyl (C=O) groups is 2. The number of nitro benzene ring substituents is 1. The van der Waals surface area contributed by atoms with Gasteiger partial charge in [0.15, 0.2) is 0 Å². The third-order valence-corrected chi connectivity index (χ3v) is 8.08. The maximum Gasteiger partial charge on any atom is 0.365 e. The zero-order valence-corrected chi connectivity index (χ0v) is 19.3. The summed E-state index contributed by atoms with van der Waals surface area (Å²) < 4.78 is 0. The Balaban J connectivity index is 1.56. The Morgan fingerprint density at radius 2 is 1.70 bits per heavy atom. The Bertz CT molecular complexity index is 1160. The van der Waals surface area contributed by atoms with Gasteiger partial charge in [0.2, 0.25) is 5.91 Å². The molecular weight excluding hydrogens is 446 g/mol. The molecule has 2 aromatic rings. The second kappa shape index (κ2) is 7.95. The van der Waals surface area contributed by atoms with Gasteiger partial charge in [-0.15, -0.1) is 0 Å². The fourth-order valence-electron chi connectivity index (χ4n) is 5.17. The number of benzene rings is 2. The normalized spacial score (nSPS) is 26.2. The second-order valence-corrected chi connectivity index (χ2v) is 9.83. The van der Waals surface area contributed by atoms with Gasteiger partial charge in [-0.05, 0) is 54.7 Å². The molecule has 0 saturated heterocycles. The van der Waals surface area contributed by atoms with Gasteiger partial charge >= 0.3 is 5.97 Å². The summed E-state index contributed by atoms with van der Waals surface area (Å²) in [4.78, 5) is 41.6. The summed E-state index contributed by atoms with van der Waals surface area (Å²) in [6, 6.07) is 12.1. The number of nitro groups is 1. The van der Waals surface area contributed by atoms with E-state index in [1.807, 2.05) is 13.8 Å². The number of hydrogen-bond acceptors (Lipinski definition) is 6. The van der Waals surface area contributed by atoms with Crippen LogP contribution in [0.15, 0.2) is 53.7 Å². The van der Waals surface area contributed by atoms with E-state index in [0.717, 1.165) is 6.42 Å². The van der Waals surface area contributed by atoms with Gasteiger partial charge in [-0.25, -0.2) is 4.79 Å². The number of non-ortho nitro benzene ring substituents is 1. The van der Waals surface area contributed by atoms with E-state index in [-0.39, 0.29) is 11.6 Å². The van der Waals surface area contributed by atoms with Crippen molar-refractivity contribution in [2.24, 2.45) is 21.4 Å². The zero-order chi connectivity index (χ0) is 24.0. The predicted octanol–water partition coefficient (Wildman–Crippen LogP) is 5.62. The van der Waals surface area contributed by atoms with Crippen LogP contribution in [0.1, 0.15) is 50.4 Å². The quantitative estimate of drug-likeness (QED) is 0.347. The van der Waals surface area contributed by atoms with Crippen LogP contribution in [0.3, 0.4) is 0 Å². The summed E-state index contributed by atoms with van der Waals surface area (Å²) in [5.74, 6) is -0.757. The largest absolute Gasteiger partial charge is 0.365 e. The van der Waals surface area contributed by atoms with Crippen LogP contribution < -0.4 is 5.32 Å². The van der Waals surface area contributed by atoms with Gasteiger partial charge in [-0.2, -0.15) is 0 Å².